The van der Waals surface area contributed by atoms with Crippen LogP contribution in [0.4, 0.5) is 10.1 Å². The van der Waals surface area contributed by atoms with E-state index in [0.717, 1.165) is 21.3 Å². The second-order valence-electron chi connectivity index (χ2n) is 9.42. The molecule has 0 fully saturated rings. The van der Waals surface area contributed by atoms with Gasteiger partial charge >= 0.3 is 0 Å². The number of pyridine rings is 1. The van der Waals surface area contributed by atoms with E-state index in [9.17, 15) is 14.0 Å². The lowest BCUT2D eigenvalue weighted by atomic mass is 10.1. The van der Waals surface area contributed by atoms with Crippen molar-refractivity contribution in [1.29, 1.82) is 0 Å². The second-order valence-corrected chi connectivity index (χ2v) is 10.4. The van der Waals surface area contributed by atoms with E-state index in [-0.39, 0.29) is 24.1 Å². The summed E-state index contributed by atoms with van der Waals surface area (Å²) >= 11 is 1.38. The maximum atomic E-state index is 14.1. The number of halogens is 1. The number of benzene rings is 3. The van der Waals surface area contributed by atoms with E-state index in [0.29, 0.717) is 22.7 Å². The summed E-state index contributed by atoms with van der Waals surface area (Å²) < 4.78 is 13.4. The van der Waals surface area contributed by atoms with Crippen LogP contribution in [0.15, 0.2) is 109 Å². The number of rotatable bonds is 9. The standard InChI is InChI=1S/C31H24FN7O2S/c32-24-14-12-22(13-15-24)30-35-37-38(36-30)20-28(40)39(25-17-23-9-4-5-10-26(23)33-19-25)29(27-11-6-16-42-27)31(41)34-18-21-7-2-1-3-8-21/h1-17,19,29H,18,20H2,(H,34,41)/t29-/m1/s1. The van der Waals surface area contributed by atoms with Gasteiger partial charge in [0.05, 0.1) is 17.4 Å². The number of carbonyl (C=O) groups excluding carboxylic acids is 2. The number of hydrogen-bond donors (Lipinski definition) is 1. The zero-order valence-corrected chi connectivity index (χ0v) is 23.0. The zero-order chi connectivity index (χ0) is 28.9. The highest BCUT2D eigenvalue weighted by molar-refractivity contribution is 7.10. The molecule has 0 radical (unpaired) electrons. The Bertz CT molecular complexity index is 1830. The smallest absolute Gasteiger partial charge is 0.251 e. The number of anilines is 1. The fourth-order valence-electron chi connectivity index (χ4n) is 4.55. The SMILES string of the molecule is O=C(NCc1ccccc1)[C@@H](c1cccs1)N(C(=O)Cn1nnc(-c2ccc(F)cc2)n1)c1cnc2ccccc2c1. The third-order valence-electron chi connectivity index (χ3n) is 6.58. The van der Waals surface area contributed by atoms with Gasteiger partial charge in [-0.15, -0.1) is 21.5 Å². The van der Waals surface area contributed by atoms with Gasteiger partial charge in [-0.05, 0) is 58.6 Å². The maximum Gasteiger partial charge on any atom is 0.251 e. The number of nitrogens with one attached hydrogen (secondary N) is 1. The van der Waals surface area contributed by atoms with Crippen LogP contribution in [-0.2, 0) is 22.7 Å². The molecule has 0 saturated carbocycles. The fourth-order valence-corrected chi connectivity index (χ4v) is 5.37. The van der Waals surface area contributed by atoms with Crippen molar-refractivity contribution < 1.29 is 14.0 Å². The molecule has 2 amide bonds. The first-order valence-corrected chi connectivity index (χ1v) is 14.0. The Morgan fingerprint density at radius 2 is 1.74 bits per heavy atom. The van der Waals surface area contributed by atoms with Gasteiger partial charge in [-0.1, -0.05) is 54.6 Å². The lowest BCUT2D eigenvalue weighted by Gasteiger charge is -2.30. The van der Waals surface area contributed by atoms with Crippen LogP contribution in [0, 0.1) is 5.82 Å². The summed E-state index contributed by atoms with van der Waals surface area (Å²) in [5.74, 6) is -0.923. The molecule has 9 nitrogen and oxygen atoms in total. The normalized spacial score (nSPS) is 11.7. The lowest BCUT2D eigenvalue weighted by Crippen LogP contribution is -2.45. The van der Waals surface area contributed by atoms with Crippen LogP contribution in [0.3, 0.4) is 0 Å². The Morgan fingerprint density at radius 3 is 2.52 bits per heavy atom. The Labute approximate surface area is 244 Å². The number of thiophene rings is 1. The number of tetrazole rings is 1. The van der Waals surface area contributed by atoms with Gasteiger partial charge in [0.2, 0.25) is 11.7 Å². The highest BCUT2D eigenvalue weighted by Gasteiger charge is 2.34. The third kappa shape index (κ3) is 5.91. The van der Waals surface area contributed by atoms with Crippen molar-refractivity contribution in [3.63, 3.8) is 0 Å². The minimum Gasteiger partial charge on any atom is -0.350 e. The fraction of sp³-hybridized carbons (Fsp3) is 0.0968. The Hall–Kier alpha value is -5.29. The van der Waals surface area contributed by atoms with Crippen LogP contribution in [-0.4, -0.2) is 37.0 Å². The number of amides is 2. The molecule has 0 unspecified atom stereocenters. The molecule has 1 atom stereocenters. The molecule has 11 heteroatoms. The van der Waals surface area contributed by atoms with Crippen molar-refractivity contribution in [2.75, 3.05) is 4.90 Å². The van der Waals surface area contributed by atoms with Gasteiger partial charge in [0, 0.05) is 22.4 Å². The molecule has 0 spiro atoms. The van der Waals surface area contributed by atoms with E-state index < -0.39 is 11.9 Å². The predicted octanol–water partition coefficient (Wildman–Crippen LogP) is 5.18. The van der Waals surface area contributed by atoms with Crippen LogP contribution in [0.1, 0.15) is 16.5 Å². The second kappa shape index (κ2) is 12.1. The van der Waals surface area contributed by atoms with Crippen molar-refractivity contribution in [2.24, 2.45) is 0 Å². The molecule has 0 aliphatic carbocycles. The molecule has 0 aliphatic rings. The quantitative estimate of drug-likeness (QED) is 0.254. The highest BCUT2D eigenvalue weighted by Crippen LogP contribution is 2.32. The van der Waals surface area contributed by atoms with Crippen molar-refractivity contribution in [3.8, 4) is 11.4 Å². The largest absolute Gasteiger partial charge is 0.350 e. The third-order valence-corrected chi connectivity index (χ3v) is 7.51. The molecule has 3 heterocycles. The summed E-state index contributed by atoms with van der Waals surface area (Å²) in [5, 5.41) is 18.1. The number of aromatic nitrogens is 5. The van der Waals surface area contributed by atoms with Crippen LogP contribution in [0.25, 0.3) is 22.3 Å². The van der Waals surface area contributed by atoms with Gasteiger partial charge in [0.25, 0.3) is 5.91 Å². The van der Waals surface area contributed by atoms with E-state index in [1.54, 1.807) is 6.20 Å². The number of fused-ring (bicyclic) bond motifs is 1. The molecule has 0 saturated heterocycles. The van der Waals surface area contributed by atoms with Crippen molar-refractivity contribution in [2.45, 2.75) is 19.1 Å². The number of nitrogens with zero attached hydrogens (tertiary/aromatic N) is 6. The molecular formula is C31H24FN7O2S. The van der Waals surface area contributed by atoms with Gasteiger partial charge < -0.3 is 5.32 Å². The van der Waals surface area contributed by atoms with E-state index >= 15 is 0 Å². The van der Waals surface area contributed by atoms with E-state index in [2.05, 4.69) is 25.7 Å². The summed E-state index contributed by atoms with van der Waals surface area (Å²) in [6.45, 7) is 0.0000724. The minimum atomic E-state index is -0.982. The average Bonchev–Trinajstić information content (AvgIpc) is 3.72. The topological polar surface area (TPSA) is 106 Å². The lowest BCUT2D eigenvalue weighted by molar-refractivity contribution is -0.127. The summed E-state index contributed by atoms with van der Waals surface area (Å²) in [6.07, 6.45) is 1.59. The summed E-state index contributed by atoms with van der Waals surface area (Å²) in [6, 6.07) is 27.3. The summed E-state index contributed by atoms with van der Waals surface area (Å²) in [7, 11) is 0. The van der Waals surface area contributed by atoms with E-state index in [1.807, 2.05) is 78.2 Å². The Kier molecular flexibility index (Phi) is 7.73. The first kappa shape index (κ1) is 26.9. The van der Waals surface area contributed by atoms with Crippen LogP contribution in [0.5, 0.6) is 0 Å². The van der Waals surface area contributed by atoms with Gasteiger partial charge in [-0.2, -0.15) is 4.80 Å². The van der Waals surface area contributed by atoms with Gasteiger partial charge in [-0.3, -0.25) is 19.5 Å². The molecule has 208 valence electrons. The average molecular weight is 578 g/mol. The monoisotopic (exact) mass is 577 g/mol. The summed E-state index contributed by atoms with van der Waals surface area (Å²) in [4.78, 5) is 35.8. The van der Waals surface area contributed by atoms with E-state index in [4.69, 9.17) is 0 Å². The molecule has 42 heavy (non-hydrogen) atoms. The first-order chi connectivity index (χ1) is 20.5. The molecule has 0 aliphatic heterocycles. The van der Waals surface area contributed by atoms with Crippen LogP contribution >= 0.6 is 11.3 Å². The molecule has 6 aromatic rings. The van der Waals surface area contributed by atoms with Crippen LogP contribution < -0.4 is 10.2 Å². The zero-order valence-electron chi connectivity index (χ0n) is 22.2. The first-order valence-electron chi connectivity index (χ1n) is 13.1. The highest BCUT2D eigenvalue weighted by atomic mass is 32.1. The van der Waals surface area contributed by atoms with Gasteiger partial charge in [-0.25, -0.2) is 4.39 Å². The Balaban J connectivity index is 1.36. The van der Waals surface area contributed by atoms with Crippen molar-refractivity contribution in [1.82, 2.24) is 30.5 Å². The van der Waals surface area contributed by atoms with Gasteiger partial charge in [0.1, 0.15) is 18.4 Å². The maximum absolute atomic E-state index is 14.1. The number of hydrogen-bond acceptors (Lipinski definition) is 7. The number of para-hydroxylation sites is 1. The molecule has 6 rings (SSSR count). The molecule has 3 aromatic carbocycles. The van der Waals surface area contributed by atoms with Crippen molar-refractivity contribution in [3.05, 3.63) is 125 Å². The molecule has 3 aromatic heterocycles. The number of carbonyl (C=O) groups is 2. The Morgan fingerprint density at radius 1 is 0.952 bits per heavy atom. The predicted molar refractivity (Wildman–Crippen MR) is 158 cm³/mol. The minimum absolute atomic E-state index is 0.247. The molecular weight excluding hydrogens is 553 g/mol. The summed E-state index contributed by atoms with van der Waals surface area (Å²) in [5.41, 5.74) is 2.70. The van der Waals surface area contributed by atoms with Gasteiger partial charge in [0.15, 0.2) is 0 Å². The van der Waals surface area contributed by atoms with E-state index in [1.165, 1.54) is 40.5 Å². The van der Waals surface area contributed by atoms with Crippen molar-refractivity contribution >= 4 is 39.7 Å². The van der Waals surface area contributed by atoms with Crippen LogP contribution in [0.2, 0.25) is 0 Å². The molecule has 0 bridgehead atoms. The molecule has 1 N–H and O–H groups in total.